The van der Waals surface area contributed by atoms with Crippen molar-refractivity contribution in [3.8, 4) is 5.75 Å². The Bertz CT molecular complexity index is 422. The first-order valence-electron chi connectivity index (χ1n) is 5.93. The van der Waals surface area contributed by atoms with Gasteiger partial charge in [-0.1, -0.05) is 18.2 Å². The van der Waals surface area contributed by atoms with Crippen molar-refractivity contribution in [1.82, 2.24) is 5.32 Å². The van der Waals surface area contributed by atoms with E-state index in [9.17, 15) is 5.11 Å². The van der Waals surface area contributed by atoms with Crippen molar-refractivity contribution in [3.05, 3.63) is 35.4 Å². The molecule has 2 rings (SSSR count). The van der Waals surface area contributed by atoms with E-state index in [0.29, 0.717) is 5.75 Å². The Hall–Kier alpha value is -1.32. The fraction of sp³-hybridized carbons (Fsp3) is 0.429. The number of phenols is 1. The van der Waals surface area contributed by atoms with Crippen molar-refractivity contribution in [3.63, 3.8) is 0 Å². The minimum absolute atomic E-state index is 0.118. The number of likely N-dealkylation sites (N-methyl/N-ethyl adjacent to an activating group) is 1. The summed E-state index contributed by atoms with van der Waals surface area (Å²) in [5.41, 5.74) is 1.96. The van der Waals surface area contributed by atoms with Gasteiger partial charge >= 0.3 is 0 Å². The summed E-state index contributed by atoms with van der Waals surface area (Å²) in [5.74, 6) is 0.318. The van der Waals surface area contributed by atoms with Crippen LogP contribution < -0.4 is 5.32 Å². The Kier molecular flexibility index (Phi) is 3.50. The molecule has 1 heterocycles. The summed E-state index contributed by atoms with van der Waals surface area (Å²) >= 11 is 0. The van der Waals surface area contributed by atoms with E-state index in [1.807, 2.05) is 38.3 Å². The maximum atomic E-state index is 9.77. The molecule has 2 N–H and O–H groups in total. The van der Waals surface area contributed by atoms with Gasteiger partial charge in [0.15, 0.2) is 0 Å². The maximum Gasteiger partial charge on any atom is 0.122 e. The Balaban J connectivity index is 2.11. The molecule has 92 valence electrons. The van der Waals surface area contributed by atoms with Crippen molar-refractivity contribution < 1.29 is 9.84 Å². The van der Waals surface area contributed by atoms with Crippen LogP contribution in [0.3, 0.4) is 0 Å². The number of rotatable bonds is 5. The van der Waals surface area contributed by atoms with Crippen molar-refractivity contribution >= 4 is 6.08 Å². The van der Waals surface area contributed by atoms with E-state index >= 15 is 0 Å². The van der Waals surface area contributed by atoms with E-state index in [1.54, 1.807) is 6.07 Å². The summed E-state index contributed by atoms with van der Waals surface area (Å²) in [6.45, 7) is 3.74. The third-order valence-electron chi connectivity index (χ3n) is 2.97. The van der Waals surface area contributed by atoms with E-state index in [0.717, 1.165) is 25.1 Å². The molecular weight excluding hydrogens is 214 g/mol. The average Bonchev–Trinajstić information content (AvgIpc) is 3.05. The van der Waals surface area contributed by atoms with Gasteiger partial charge in [0.2, 0.25) is 0 Å². The largest absolute Gasteiger partial charge is 0.507 e. The molecule has 1 saturated heterocycles. The van der Waals surface area contributed by atoms with E-state index in [4.69, 9.17) is 4.74 Å². The summed E-state index contributed by atoms with van der Waals surface area (Å²) in [6.07, 6.45) is 4.90. The highest BCUT2D eigenvalue weighted by Crippen LogP contribution is 2.29. The standard InChI is InChI=1S/C14H19NO2/c1-14(10-17-14)7-5-12-9-11(6-8-15-2)3-4-13(12)16/h3-5,7,9,15-16H,6,8,10H2,1-2H3/b7-5-. The predicted octanol–water partition coefficient (Wildman–Crippen LogP) is 1.96. The molecule has 0 saturated carbocycles. The molecular formula is C14H19NO2. The molecule has 0 bridgehead atoms. The van der Waals surface area contributed by atoms with Gasteiger partial charge in [0.1, 0.15) is 11.4 Å². The zero-order valence-corrected chi connectivity index (χ0v) is 10.4. The third-order valence-corrected chi connectivity index (χ3v) is 2.97. The van der Waals surface area contributed by atoms with Crippen LogP contribution in [0.1, 0.15) is 18.1 Å². The lowest BCUT2D eigenvalue weighted by Gasteiger charge is -2.05. The number of hydrogen-bond acceptors (Lipinski definition) is 3. The predicted molar refractivity (Wildman–Crippen MR) is 69.1 cm³/mol. The lowest BCUT2D eigenvalue weighted by molar-refractivity contribution is 0.370. The minimum atomic E-state index is -0.118. The second-order valence-electron chi connectivity index (χ2n) is 4.68. The van der Waals surface area contributed by atoms with Gasteiger partial charge in [-0.25, -0.2) is 0 Å². The Labute approximate surface area is 102 Å². The summed E-state index contributed by atoms with van der Waals surface area (Å²) in [6, 6.07) is 5.73. The summed E-state index contributed by atoms with van der Waals surface area (Å²) in [5, 5.41) is 12.9. The maximum absolute atomic E-state index is 9.77. The number of hydrogen-bond donors (Lipinski definition) is 2. The van der Waals surface area contributed by atoms with Crippen molar-refractivity contribution in [2.45, 2.75) is 18.9 Å². The molecule has 0 radical (unpaired) electrons. The Morgan fingerprint density at radius 2 is 2.29 bits per heavy atom. The molecule has 3 heteroatoms. The van der Waals surface area contributed by atoms with Crippen LogP contribution in [0.25, 0.3) is 6.08 Å². The minimum Gasteiger partial charge on any atom is -0.507 e. The highest BCUT2D eigenvalue weighted by molar-refractivity contribution is 5.59. The zero-order valence-electron chi connectivity index (χ0n) is 10.4. The molecule has 17 heavy (non-hydrogen) atoms. The number of benzene rings is 1. The van der Waals surface area contributed by atoms with Crippen molar-refractivity contribution in [2.24, 2.45) is 0 Å². The Morgan fingerprint density at radius 1 is 1.53 bits per heavy atom. The summed E-state index contributed by atoms with van der Waals surface area (Å²) in [7, 11) is 1.94. The first-order valence-corrected chi connectivity index (χ1v) is 5.93. The van der Waals surface area contributed by atoms with Crippen LogP contribution in [0, 0.1) is 0 Å². The van der Waals surface area contributed by atoms with E-state index in [2.05, 4.69) is 5.32 Å². The van der Waals surface area contributed by atoms with Crippen LogP contribution in [0.2, 0.25) is 0 Å². The molecule has 1 fully saturated rings. The fourth-order valence-electron chi connectivity index (χ4n) is 1.64. The van der Waals surface area contributed by atoms with Crippen LogP contribution >= 0.6 is 0 Å². The van der Waals surface area contributed by atoms with Gasteiger partial charge in [0.05, 0.1) is 6.61 Å². The first kappa shape index (κ1) is 12.1. The van der Waals surface area contributed by atoms with E-state index in [-0.39, 0.29) is 5.60 Å². The van der Waals surface area contributed by atoms with Gasteiger partial charge < -0.3 is 15.2 Å². The lowest BCUT2D eigenvalue weighted by atomic mass is 10.0. The number of phenolic OH excluding ortho intramolecular Hbond substituents is 1. The molecule has 0 aromatic heterocycles. The highest BCUT2D eigenvalue weighted by atomic mass is 16.6. The highest BCUT2D eigenvalue weighted by Gasteiger charge is 2.35. The van der Waals surface area contributed by atoms with Crippen LogP contribution in [0.15, 0.2) is 24.3 Å². The third kappa shape index (κ3) is 3.32. The average molecular weight is 233 g/mol. The molecule has 1 atom stereocenters. The monoisotopic (exact) mass is 233 g/mol. The Morgan fingerprint density at radius 3 is 2.94 bits per heavy atom. The molecule has 0 amide bonds. The SMILES string of the molecule is CNCCc1ccc(O)c(/C=C\C2(C)CO2)c1. The van der Waals surface area contributed by atoms with Gasteiger partial charge in [-0.3, -0.25) is 0 Å². The van der Waals surface area contributed by atoms with Crippen LogP contribution in [0.5, 0.6) is 5.75 Å². The fourth-order valence-corrected chi connectivity index (χ4v) is 1.64. The van der Waals surface area contributed by atoms with Crippen molar-refractivity contribution in [2.75, 3.05) is 20.2 Å². The molecule has 1 aliphatic rings. The van der Waals surface area contributed by atoms with E-state index < -0.39 is 0 Å². The molecule has 1 aromatic carbocycles. The molecule has 1 aromatic rings. The van der Waals surface area contributed by atoms with Gasteiger partial charge in [0, 0.05) is 5.56 Å². The molecule has 1 aliphatic heterocycles. The second kappa shape index (κ2) is 4.90. The quantitative estimate of drug-likeness (QED) is 0.764. The van der Waals surface area contributed by atoms with Crippen molar-refractivity contribution in [1.29, 1.82) is 0 Å². The summed E-state index contributed by atoms with van der Waals surface area (Å²) < 4.78 is 5.27. The normalized spacial score (nSPS) is 23.2. The number of ether oxygens (including phenoxy) is 1. The second-order valence-corrected chi connectivity index (χ2v) is 4.68. The topological polar surface area (TPSA) is 44.8 Å². The summed E-state index contributed by atoms with van der Waals surface area (Å²) in [4.78, 5) is 0. The van der Waals surface area contributed by atoms with E-state index in [1.165, 1.54) is 5.56 Å². The molecule has 0 spiro atoms. The van der Waals surface area contributed by atoms with Gasteiger partial charge in [-0.05, 0) is 44.6 Å². The van der Waals surface area contributed by atoms with Crippen LogP contribution in [-0.4, -0.2) is 30.9 Å². The van der Waals surface area contributed by atoms with Crippen LogP contribution in [-0.2, 0) is 11.2 Å². The van der Waals surface area contributed by atoms with Gasteiger partial charge in [-0.15, -0.1) is 0 Å². The zero-order chi connectivity index (χ0) is 12.3. The molecule has 3 nitrogen and oxygen atoms in total. The molecule has 0 aliphatic carbocycles. The number of epoxide rings is 1. The van der Waals surface area contributed by atoms with Gasteiger partial charge in [0.25, 0.3) is 0 Å². The van der Waals surface area contributed by atoms with Gasteiger partial charge in [-0.2, -0.15) is 0 Å². The number of aromatic hydroxyl groups is 1. The molecule has 1 unspecified atom stereocenters. The lowest BCUT2D eigenvalue weighted by Crippen LogP contribution is -2.10. The smallest absolute Gasteiger partial charge is 0.122 e. The first-order chi connectivity index (χ1) is 8.13. The van der Waals surface area contributed by atoms with Crippen LogP contribution in [0.4, 0.5) is 0 Å². The number of nitrogens with one attached hydrogen (secondary N) is 1.